The number of alkyl halides is 2. The van der Waals surface area contributed by atoms with Crippen molar-refractivity contribution < 1.29 is 13.5 Å². The molecule has 3 heteroatoms. The van der Waals surface area contributed by atoms with E-state index in [1.54, 1.807) is 0 Å². The second-order valence-corrected chi connectivity index (χ2v) is 0.776. The van der Waals surface area contributed by atoms with Crippen LogP contribution < -0.4 is 0 Å². The van der Waals surface area contributed by atoms with Crippen molar-refractivity contribution in [1.29, 1.82) is 0 Å². The normalized spacial score (nSPS) is 8.86. The highest BCUT2D eigenvalue weighted by Crippen LogP contribution is 1.91. The Balaban J connectivity index is 2.86. The Morgan fingerprint density at radius 3 is 2.43 bits per heavy atom. The molecule has 0 aromatic rings. The van der Waals surface area contributed by atoms with Crippen LogP contribution in [0.4, 0.5) is 8.78 Å². The fourth-order valence-electron chi connectivity index (χ4n) is 0.111. The molecule has 0 saturated heterocycles. The minimum Gasteiger partial charge on any atom is -0.310 e. The van der Waals surface area contributed by atoms with Crippen molar-refractivity contribution in [2.75, 3.05) is 6.61 Å². The maximum atomic E-state index is 10.9. The van der Waals surface area contributed by atoms with E-state index in [1.807, 2.05) is 5.92 Å². The number of rotatable bonds is 2. The first kappa shape index (κ1) is 6.38. The van der Waals surface area contributed by atoms with Crippen LogP contribution in [0.25, 0.3) is 0 Å². The second-order valence-electron chi connectivity index (χ2n) is 0.776. The summed E-state index contributed by atoms with van der Waals surface area (Å²) >= 11 is 0. The fraction of sp³-hybridized carbons (Fsp3) is 0.500. The third kappa shape index (κ3) is 5.38. The Hall–Kier alpha value is -0.620. The molecule has 0 aliphatic heterocycles. The van der Waals surface area contributed by atoms with Crippen molar-refractivity contribution in [3.8, 4) is 12.3 Å². The summed E-state index contributed by atoms with van der Waals surface area (Å²) in [6.45, 7) is -3.06. The van der Waals surface area contributed by atoms with Gasteiger partial charge in [-0.25, -0.2) is 0 Å². The number of hydrogen-bond acceptors (Lipinski definition) is 1. The first-order chi connectivity index (χ1) is 3.27. The van der Waals surface area contributed by atoms with Crippen LogP contribution >= 0.6 is 0 Å². The number of halogens is 2. The third-order valence-corrected chi connectivity index (χ3v) is 0.293. The van der Waals surface area contributed by atoms with Crippen LogP contribution in [0.1, 0.15) is 0 Å². The molecule has 0 aromatic heterocycles. The molecule has 0 amide bonds. The van der Waals surface area contributed by atoms with Gasteiger partial charge in [0.2, 0.25) is 0 Å². The summed E-state index contributed by atoms with van der Waals surface area (Å²) in [4.78, 5) is 0. The first-order valence-electron chi connectivity index (χ1n) is 1.60. The van der Waals surface area contributed by atoms with Crippen LogP contribution in [0, 0.1) is 12.3 Å². The van der Waals surface area contributed by atoms with Crippen molar-refractivity contribution in [2.24, 2.45) is 0 Å². The average molecular weight is 106 g/mol. The zero-order chi connectivity index (χ0) is 5.70. The molecule has 0 unspecified atom stereocenters. The van der Waals surface area contributed by atoms with Crippen molar-refractivity contribution in [3.05, 3.63) is 0 Å². The zero-order valence-electron chi connectivity index (χ0n) is 3.53. The molecule has 1 nitrogen and oxygen atoms in total. The average Bonchev–Trinajstić information content (AvgIpc) is 1.61. The van der Waals surface area contributed by atoms with Crippen LogP contribution in [0.2, 0.25) is 0 Å². The molecule has 0 bridgehead atoms. The lowest BCUT2D eigenvalue weighted by atomic mass is 10.8. The highest BCUT2D eigenvalue weighted by atomic mass is 19.3. The van der Waals surface area contributed by atoms with Gasteiger partial charge in [-0.1, -0.05) is 5.92 Å². The maximum Gasteiger partial charge on any atom is 0.346 e. The Morgan fingerprint density at radius 1 is 1.71 bits per heavy atom. The number of ether oxygens (including phenoxy) is 1. The van der Waals surface area contributed by atoms with Crippen molar-refractivity contribution in [1.82, 2.24) is 0 Å². The van der Waals surface area contributed by atoms with E-state index in [4.69, 9.17) is 0 Å². The van der Waals surface area contributed by atoms with Crippen molar-refractivity contribution in [2.45, 2.75) is 6.61 Å². The lowest BCUT2D eigenvalue weighted by molar-refractivity contribution is -0.117. The van der Waals surface area contributed by atoms with Crippen molar-refractivity contribution >= 4 is 0 Å². The molecule has 0 radical (unpaired) electrons. The predicted molar refractivity (Wildman–Crippen MR) is 20.8 cm³/mol. The molecule has 0 saturated carbocycles. The molecular formula is C4H4F2O. The predicted octanol–water partition coefficient (Wildman–Crippen LogP) is 0.859. The zero-order valence-corrected chi connectivity index (χ0v) is 3.53. The maximum absolute atomic E-state index is 10.9. The lowest BCUT2D eigenvalue weighted by Gasteiger charge is -1.91. The van der Waals surface area contributed by atoms with Gasteiger partial charge >= 0.3 is 6.61 Å². The van der Waals surface area contributed by atoms with E-state index in [0.717, 1.165) is 0 Å². The molecule has 7 heavy (non-hydrogen) atoms. The molecule has 0 aliphatic carbocycles. The minimum absolute atomic E-state index is 0.322. The standard InChI is InChI=1S/C4H4F2O/c1-2-3-7-4(5)6/h1,4H,3H2. The van der Waals surface area contributed by atoms with Crippen LogP contribution in [0.15, 0.2) is 0 Å². The van der Waals surface area contributed by atoms with Gasteiger partial charge in [0.25, 0.3) is 0 Å². The van der Waals surface area contributed by atoms with Crippen LogP contribution in [-0.2, 0) is 4.74 Å². The second kappa shape index (κ2) is 3.57. The Kier molecular flexibility index (Phi) is 3.25. The van der Waals surface area contributed by atoms with E-state index in [2.05, 4.69) is 11.2 Å². The lowest BCUT2D eigenvalue weighted by Crippen LogP contribution is -1.97. The molecular weight excluding hydrogens is 102 g/mol. The van der Waals surface area contributed by atoms with E-state index in [1.165, 1.54) is 0 Å². The van der Waals surface area contributed by atoms with Crippen LogP contribution in [0.3, 0.4) is 0 Å². The summed E-state index contributed by atoms with van der Waals surface area (Å²) < 4.78 is 25.4. The fourth-order valence-corrected chi connectivity index (χ4v) is 0.111. The highest BCUT2D eigenvalue weighted by Gasteiger charge is 1.96. The molecule has 0 fully saturated rings. The number of terminal acetylenes is 1. The third-order valence-electron chi connectivity index (χ3n) is 0.293. The molecule has 0 spiro atoms. The quantitative estimate of drug-likeness (QED) is 0.474. The molecule has 0 N–H and O–H groups in total. The Labute approximate surface area is 40.3 Å². The van der Waals surface area contributed by atoms with Gasteiger partial charge in [0.15, 0.2) is 0 Å². The van der Waals surface area contributed by atoms with Gasteiger partial charge in [-0.05, 0) is 0 Å². The minimum atomic E-state index is -2.74. The molecule has 0 atom stereocenters. The first-order valence-corrected chi connectivity index (χ1v) is 1.60. The molecule has 0 aromatic carbocycles. The monoisotopic (exact) mass is 106 g/mol. The summed E-state index contributed by atoms with van der Waals surface area (Å²) in [5.74, 6) is 1.90. The van der Waals surface area contributed by atoms with E-state index in [9.17, 15) is 8.78 Å². The van der Waals surface area contributed by atoms with Crippen molar-refractivity contribution in [3.63, 3.8) is 0 Å². The van der Waals surface area contributed by atoms with Gasteiger partial charge in [-0.15, -0.1) is 6.42 Å². The van der Waals surface area contributed by atoms with E-state index in [-0.39, 0.29) is 6.61 Å². The van der Waals surface area contributed by atoms with Crippen LogP contribution in [0.5, 0.6) is 0 Å². The van der Waals surface area contributed by atoms with Gasteiger partial charge in [0.1, 0.15) is 6.61 Å². The topological polar surface area (TPSA) is 9.23 Å². The van der Waals surface area contributed by atoms with Crippen LogP contribution in [-0.4, -0.2) is 13.2 Å². The SMILES string of the molecule is C#CCOC(F)F. The van der Waals surface area contributed by atoms with Gasteiger partial charge in [0.05, 0.1) is 0 Å². The summed E-state index contributed by atoms with van der Waals surface area (Å²) in [6.07, 6.45) is 4.57. The van der Waals surface area contributed by atoms with E-state index in [0.29, 0.717) is 0 Å². The summed E-state index contributed by atoms with van der Waals surface area (Å²) in [7, 11) is 0. The van der Waals surface area contributed by atoms with E-state index >= 15 is 0 Å². The van der Waals surface area contributed by atoms with E-state index < -0.39 is 6.61 Å². The van der Waals surface area contributed by atoms with Gasteiger partial charge < -0.3 is 4.74 Å². The Bertz CT molecular complexity index is 74.2. The molecule has 0 rings (SSSR count). The van der Waals surface area contributed by atoms with Gasteiger partial charge in [-0.2, -0.15) is 8.78 Å². The Morgan fingerprint density at radius 2 is 2.29 bits per heavy atom. The van der Waals surface area contributed by atoms with Gasteiger partial charge in [0, 0.05) is 0 Å². The summed E-state index contributed by atoms with van der Waals surface area (Å²) in [6, 6.07) is 0. The molecule has 0 aliphatic rings. The number of hydrogen-bond donors (Lipinski definition) is 0. The largest absolute Gasteiger partial charge is 0.346 e. The van der Waals surface area contributed by atoms with Gasteiger partial charge in [-0.3, -0.25) is 0 Å². The summed E-state index contributed by atoms with van der Waals surface area (Å²) in [5.41, 5.74) is 0. The summed E-state index contributed by atoms with van der Waals surface area (Å²) in [5, 5.41) is 0. The highest BCUT2D eigenvalue weighted by molar-refractivity contribution is 4.82. The molecule has 0 heterocycles. The molecule has 40 valence electrons. The smallest absolute Gasteiger partial charge is 0.310 e.